The number of benzene rings is 1. The summed E-state index contributed by atoms with van der Waals surface area (Å²) in [4.78, 5) is 0. The molecule has 1 aromatic rings. The van der Waals surface area contributed by atoms with Gasteiger partial charge in [-0.1, -0.05) is 26.7 Å². The minimum Gasteiger partial charge on any atom is -0.397 e. The Hall–Kier alpha value is -1.25. The van der Waals surface area contributed by atoms with Crippen LogP contribution in [0.2, 0.25) is 0 Å². The van der Waals surface area contributed by atoms with Crippen LogP contribution < -0.4 is 11.1 Å². The molecule has 19 heavy (non-hydrogen) atoms. The topological polar surface area (TPSA) is 38.0 Å². The van der Waals surface area contributed by atoms with E-state index in [1.807, 2.05) is 0 Å². The van der Waals surface area contributed by atoms with E-state index in [0.29, 0.717) is 17.0 Å². The highest BCUT2D eigenvalue weighted by atomic mass is 19.1. The lowest BCUT2D eigenvalue weighted by molar-refractivity contribution is 0.252. The van der Waals surface area contributed by atoms with Gasteiger partial charge < -0.3 is 11.1 Å². The average Bonchev–Trinajstić information content (AvgIpc) is 2.78. The van der Waals surface area contributed by atoms with Crippen LogP contribution in [-0.4, -0.2) is 6.54 Å². The molecular weight excluding hydrogens is 239 g/mol. The number of rotatable bonds is 5. The molecule has 1 aromatic carbocycles. The molecule has 3 heteroatoms. The maximum Gasteiger partial charge on any atom is 0.125 e. The monoisotopic (exact) mass is 264 g/mol. The number of anilines is 2. The molecule has 1 aliphatic rings. The fourth-order valence-electron chi connectivity index (χ4n) is 3.41. The second kappa shape index (κ2) is 5.81. The van der Waals surface area contributed by atoms with Gasteiger partial charge in [-0.25, -0.2) is 4.39 Å². The molecular formula is C16H25FN2. The number of hydrogen-bond acceptors (Lipinski definition) is 2. The van der Waals surface area contributed by atoms with Gasteiger partial charge in [0.15, 0.2) is 0 Å². The molecule has 0 radical (unpaired) electrons. The lowest BCUT2D eigenvalue weighted by Gasteiger charge is -2.31. The molecule has 0 amide bonds. The van der Waals surface area contributed by atoms with Gasteiger partial charge in [-0.3, -0.25) is 0 Å². The van der Waals surface area contributed by atoms with E-state index in [9.17, 15) is 4.39 Å². The smallest absolute Gasteiger partial charge is 0.125 e. The van der Waals surface area contributed by atoms with Crippen LogP contribution >= 0.6 is 0 Å². The number of nitrogens with one attached hydrogen (secondary N) is 1. The summed E-state index contributed by atoms with van der Waals surface area (Å²) in [5, 5.41) is 3.38. The molecule has 0 aliphatic heterocycles. The number of halogens is 1. The van der Waals surface area contributed by atoms with Gasteiger partial charge in [0, 0.05) is 6.54 Å². The number of nitrogens with two attached hydrogens (primary N) is 1. The molecule has 0 spiro atoms. The minimum absolute atomic E-state index is 0.235. The first-order valence-electron chi connectivity index (χ1n) is 7.30. The Kier molecular flexibility index (Phi) is 4.33. The Morgan fingerprint density at radius 2 is 2.00 bits per heavy atom. The molecule has 0 atom stereocenters. The van der Waals surface area contributed by atoms with E-state index >= 15 is 0 Å². The van der Waals surface area contributed by atoms with Crippen LogP contribution in [0, 0.1) is 17.2 Å². The maximum absolute atomic E-state index is 13.3. The zero-order valence-electron chi connectivity index (χ0n) is 12.0. The Bertz CT molecular complexity index is 423. The van der Waals surface area contributed by atoms with Gasteiger partial charge in [0.2, 0.25) is 0 Å². The first kappa shape index (κ1) is 14.2. The lowest BCUT2D eigenvalue weighted by Crippen LogP contribution is -2.28. The molecule has 1 saturated carbocycles. The minimum atomic E-state index is -0.235. The summed E-state index contributed by atoms with van der Waals surface area (Å²) in [6.45, 7) is 5.45. The van der Waals surface area contributed by atoms with Crippen LogP contribution in [0.4, 0.5) is 15.8 Å². The standard InChI is InChI=1S/C16H25FN2/c1-12(2)10-16(7-3-4-8-16)11-19-15-9-13(17)5-6-14(15)18/h5-6,9,12,19H,3-4,7-8,10-11,18H2,1-2H3. The van der Waals surface area contributed by atoms with Crippen LogP contribution in [-0.2, 0) is 0 Å². The van der Waals surface area contributed by atoms with E-state index in [2.05, 4.69) is 19.2 Å². The third-order valence-corrected chi connectivity index (χ3v) is 4.17. The summed E-state index contributed by atoms with van der Waals surface area (Å²) >= 11 is 0. The third-order valence-electron chi connectivity index (χ3n) is 4.17. The zero-order chi connectivity index (χ0) is 13.9. The molecule has 0 heterocycles. The quantitative estimate of drug-likeness (QED) is 0.772. The van der Waals surface area contributed by atoms with Crippen LogP contribution in [0.25, 0.3) is 0 Å². The van der Waals surface area contributed by atoms with Gasteiger partial charge in [-0.2, -0.15) is 0 Å². The fourth-order valence-corrected chi connectivity index (χ4v) is 3.41. The van der Waals surface area contributed by atoms with Crippen LogP contribution in [0.5, 0.6) is 0 Å². The molecule has 0 unspecified atom stereocenters. The molecule has 1 fully saturated rings. The third kappa shape index (κ3) is 3.62. The molecule has 1 aliphatic carbocycles. The van der Waals surface area contributed by atoms with Gasteiger partial charge in [-0.15, -0.1) is 0 Å². The lowest BCUT2D eigenvalue weighted by atomic mass is 9.78. The van der Waals surface area contributed by atoms with E-state index in [4.69, 9.17) is 5.73 Å². The van der Waals surface area contributed by atoms with Gasteiger partial charge in [-0.05, 0) is 48.8 Å². The molecule has 2 rings (SSSR count). The normalized spacial score (nSPS) is 17.9. The van der Waals surface area contributed by atoms with Gasteiger partial charge in [0.1, 0.15) is 5.82 Å². The Labute approximate surface area is 115 Å². The first-order chi connectivity index (χ1) is 9.01. The van der Waals surface area contributed by atoms with Crippen molar-refractivity contribution in [1.29, 1.82) is 0 Å². The summed E-state index contributed by atoms with van der Waals surface area (Å²) in [6.07, 6.45) is 6.40. The largest absolute Gasteiger partial charge is 0.397 e. The summed E-state index contributed by atoms with van der Waals surface area (Å²) < 4.78 is 13.3. The van der Waals surface area contributed by atoms with Crippen LogP contribution in [0.3, 0.4) is 0 Å². The Morgan fingerprint density at radius 3 is 2.63 bits per heavy atom. The number of hydrogen-bond donors (Lipinski definition) is 2. The average molecular weight is 264 g/mol. The Balaban J connectivity index is 2.04. The predicted molar refractivity (Wildman–Crippen MR) is 79.7 cm³/mol. The predicted octanol–water partition coefficient (Wildman–Crippen LogP) is 4.43. The second-order valence-electron chi connectivity index (χ2n) is 6.39. The van der Waals surface area contributed by atoms with Gasteiger partial charge in [0.05, 0.1) is 11.4 Å². The van der Waals surface area contributed by atoms with Crippen LogP contribution in [0.15, 0.2) is 18.2 Å². The van der Waals surface area contributed by atoms with E-state index < -0.39 is 0 Å². The van der Waals surface area contributed by atoms with Crippen molar-refractivity contribution in [1.82, 2.24) is 0 Å². The first-order valence-corrected chi connectivity index (χ1v) is 7.30. The van der Waals surface area contributed by atoms with Crippen molar-refractivity contribution in [3.63, 3.8) is 0 Å². The summed E-state index contributed by atoms with van der Waals surface area (Å²) in [7, 11) is 0. The molecule has 0 aromatic heterocycles. The van der Waals surface area contributed by atoms with Crippen molar-refractivity contribution in [3.8, 4) is 0 Å². The molecule has 0 bridgehead atoms. The fraction of sp³-hybridized carbons (Fsp3) is 0.625. The zero-order valence-corrected chi connectivity index (χ0v) is 12.0. The van der Waals surface area contributed by atoms with Gasteiger partial charge >= 0.3 is 0 Å². The van der Waals surface area contributed by atoms with Crippen molar-refractivity contribution < 1.29 is 4.39 Å². The molecule has 0 saturated heterocycles. The molecule has 3 N–H and O–H groups in total. The molecule has 2 nitrogen and oxygen atoms in total. The second-order valence-corrected chi connectivity index (χ2v) is 6.39. The van der Waals surface area contributed by atoms with E-state index in [1.54, 1.807) is 6.07 Å². The van der Waals surface area contributed by atoms with Crippen LogP contribution in [0.1, 0.15) is 46.0 Å². The Morgan fingerprint density at radius 1 is 1.32 bits per heavy atom. The van der Waals surface area contributed by atoms with Crippen molar-refractivity contribution in [2.24, 2.45) is 11.3 Å². The van der Waals surface area contributed by atoms with Crippen molar-refractivity contribution >= 4 is 11.4 Å². The van der Waals surface area contributed by atoms with Crippen molar-refractivity contribution in [2.45, 2.75) is 46.0 Å². The maximum atomic E-state index is 13.3. The van der Waals surface area contributed by atoms with E-state index in [0.717, 1.165) is 12.2 Å². The van der Waals surface area contributed by atoms with Crippen molar-refractivity contribution in [2.75, 3.05) is 17.6 Å². The van der Waals surface area contributed by atoms with Crippen molar-refractivity contribution in [3.05, 3.63) is 24.0 Å². The summed E-state index contributed by atoms with van der Waals surface area (Å²) in [5.74, 6) is 0.464. The summed E-state index contributed by atoms with van der Waals surface area (Å²) in [5.41, 5.74) is 7.61. The van der Waals surface area contributed by atoms with E-state index in [1.165, 1.54) is 44.2 Å². The highest BCUT2D eigenvalue weighted by Gasteiger charge is 2.34. The highest BCUT2D eigenvalue weighted by molar-refractivity contribution is 5.65. The number of nitrogen functional groups attached to an aromatic ring is 1. The molecule has 106 valence electrons. The van der Waals surface area contributed by atoms with E-state index in [-0.39, 0.29) is 5.82 Å². The highest BCUT2D eigenvalue weighted by Crippen LogP contribution is 2.43. The summed E-state index contributed by atoms with van der Waals surface area (Å²) in [6, 6.07) is 4.52. The SMILES string of the molecule is CC(C)CC1(CNc2cc(F)ccc2N)CCCC1. The van der Waals surface area contributed by atoms with Gasteiger partial charge in [0.25, 0.3) is 0 Å².